The van der Waals surface area contributed by atoms with Crippen molar-refractivity contribution in [3.05, 3.63) is 42.5 Å². The fourth-order valence-electron chi connectivity index (χ4n) is 2.43. The number of amides is 1. The van der Waals surface area contributed by atoms with Gasteiger partial charge in [-0.3, -0.25) is 9.59 Å². The molecule has 5 heteroatoms. The van der Waals surface area contributed by atoms with Crippen molar-refractivity contribution in [3.8, 4) is 5.75 Å². The van der Waals surface area contributed by atoms with Crippen molar-refractivity contribution in [2.45, 2.75) is 25.9 Å². The minimum atomic E-state index is -0.856. The van der Waals surface area contributed by atoms with Gasteiger partial charge in [0, 0.05) is 25.4 Å². The fourth-order valence-corrected chi connectivity index (χ4v) is 2.43. The van der Waals surface area contributed by atoms with Crippen molar-refractivity contribution >= 4 is 22.6 Å². The average Bonchev–Trinajstić information content (AvgIpc) is 2.54. The quantitative estimate of drug-likeness (QED) is 0.853. The Morgan fingerprint density at radius 2 is 1.87 bits per heavy atom. The summed E-state index contributed by atoms with van der Waals surface area (Å²) in [5.41, 5.74) is 0. The molecule has 2 aromatic rings. The molecule has 1 amide bonds. The van der Waals surface area contributed by atoms with Gasteiger partial charge in [0.15, 0.2) is 6.10 Å². The third-order valence-corrected chi connectivity index (χ3v) is 3.66. The number of fused-ring (bicyclic) bond motifs is 1. The minimum Gasteiger partial charge on any atom is -0.481 e. The van der Waals surface area contributed by atoms with Gasteiger partial charge in [-0.25, -0.2) is 0 Å². The molecule has 1 atom stereocenters. The van der Waals surface area contributed by atoms with Crippen molar-refractivity contribution in [3.63, 3.8) is 0 Å². The van der Waals surface area contributed by atoms with Gasteiger partial charge in [0.05, 0.1) is 0 Å². The van der Waals surface area contributed by atoms with Crippen LogP contribution >= 0.6 is 0 Å². The van der Waals surface area contributed by atoms with Crippen LogP contribution in [0.3, 0.4) is 0 Å². The lowest BCUT2D eigenvalue weighted by atomic mass is 10.1. The number of carboxylic acids is 1. The summed E-state index contributed by atoms with van der Waals surface area (Å²) < 4.78 is 5.83. The summed E-state index contributed by atoms with van der Waals surface area (Å²) in [6.45, 7) is 2.10. The van der Waals surface area contributed by atoms with Gasteiger partial charge in [-0.15, -0.1) is 0 Å². The van der Waals surface area contributed by atoms with E-state index in [1.165, 1.54) is 4.90 Å². The van der Waals surface area contributed by atoms with E-state index in [0.29, 0.717) is 18.7 Å². The number of benzene rings is 2. The second kappa shape index (κ2) is 7.63. The van der Waals surface area contributed by atoms with Gasteiger partial charge >= 0.3 is 5.97 Å². The first-order valence-corrected chi connectivity index (χ1v) is 7.60. The van der Waals surface area contributed by atoms with Crippen LogP contribution in [0.15, 0.2) is 42.5 Å². The molecule has 0 bridgehead atoms. The van der Waals surface area contributed by atoms with E-state index in [-0.39, 0.29) is 12.3 Å². The summed E-state index contributed by atoms with van der Waals surface area (Å²) in [6.07, 6.45) is -0.148. The second-order valence-electron chi connectivity index (χ2n) is 5.49. The van der Waals surface area contributed by atoms with Gasteiger partial charge in [0.2, 0.25) is 0 Å². The molecule has 23 heavy (non-hydrogen) atoms. The molecule has 0 saturated carbocycles. The monoisotopic (exact) mass is 315 g/mol. The van der Waals surface area contributed by atoms with E-state index in [2.05, 4.69) is 0 Å². The Balaban J connectivity index is 2.01. The SMILES string of the molecule is CC(Oc1cccc2ccccc12)C(=O)N(C)CCCC(=O)O. The Kier molecular flexibility index (Phi) is 5.57. The highest BCUT2D eigenvalue weighted by molar-refractivity contribution is 5.89. The maximum absolute atomic E-state index is 12.3. The molecular formula is C18H21NO4. The highest BCUT2D eigenvalue weighted by Crippen LogP contribution is 2.26. The number of aliphatic carboxylic acids is 1. The maximum atomic E-state index is 12.3. The Morgan fingerprint density at radius 1 is 1.17 bits per heavy atom. The topological polar surface area (TPSA) is 66.8 Å². The number of ether oxygens (including phenoxy) is 1. The summed E-state index contributed by atoms with van der Waals surface area (Å²) in [4.78, 5) is 24.3. The lowest BCUT2D eigenvalue weighted by Gasteiger charge is -2.22. The molecule has 0 fully saturated rings. The first-order chi connectivity index (χ1) is 11.0. The number of rotatable bonds is 7. The maximum Gasteiger partial charge on any atom is 0.303 e. The Morgan fingerprint density at radius 3 is 2.61 bits per heavy atom. The lowest BCUT2D eigenvalue weighted by Crippen LogP contribution is -2.38. The van der Waals surface area contributed by atoms with Gasteiger partial charge in [0.1, 0.15) is 5.75 Å². The van der Waals surface area contributed by atoms with E-state index in [4.69, 9.17) is 9.84 Å². The molecule has 0 spiro atoms. The molecule has 5 nitrogen and oxygen atoms in total. The number of hydrogen-bond donors (Lipinski definition) is 1. The van der Waals surface area contributed by atoms with Crippen molar-refractivity contribution < 1.29 is 19.4 Å². The molecule has 1 N–H and O–H groups in total. The second-order valence-corrected chi connectivity index (χ2v) is 5.49. The van der Waals surface area contributed by atoms with E-state index in [1.54, 1.807) is 14.0 Å². The third-order valence-electron chi connectivity index (χ3n) is 3.66. The molecule has 0 radical (unpaired) electrons. The zero-order valence-electron chi connectivity index (χ0n) is 13.4. The number of carboxylic acid groups (broad SMARTS) is 1. The molecule has 0 aromatic heterocycles. The van der Waals surface area contributed by atoms with Crippen molar-refractivity contribution in [1.29, 1.82) is 0 Å². The van der Waals surface area contributed by atoms with E-state index in [0.717, 1.165) is 10.8 Å². The largest absolute Gasteiger partial charge is 0.481 e. The van der Waals surface area contributed by atoms with Crippen molar-refractivity contribution in [2.24, 2.45) is 0 Å². The highest BCUT2D eigenvalue weighted by Gasteiger charge is 2.19. The summed E-state index contributed by atoms with van der Waals surface area (Å²) in [5.74, 6) is -0.350. The number of likely N-dealkylation sites (N-methyl/N-ethyl adjacent to an activating group) is 1. The molecule has 122 valence electrons. The van der Waals surface area contributed by atoms with Crippen LogP contribution in [0.25, 0.3) is 10.8 Å². The zero-order valence-corrected chi connectivity index (χ0v) is 13.4. The van der Waals surface area contributed by atoms with Crippen LogP contribution < -0.4 is 4.74 Å². The number of carbonyl (C=O) groups excluding carboxylic acids is 1. The van der Waals surface area contributed by atoms with Crippen molar-refractivity contribution in [2.75, 3.05) is 13.6 Å². The first-order valence-electron chi connectivity index (χ1n) is 7.60. The molecule has 0 heterocycles. The predicted molar refractivity (Wildman–Crippen MR) is 88.5 cm³/mol. The number of hydrogen-bond acceptors (Lipinski definition) is 3. The van der Waals surface area contributed by atoms with Crippen LogP contribution in [0, 0.1) is 0 Å². The van der Waals surface area contributed by atoms with Crippen LogP contribution in [-0.2, 0) is 9.59 Å². The van der Waals surface area contributed by atoms with Crippen LogP contribution in [0.2, 0.25) is 0 Å². The Labute approximate surface area is 135 Å². The van der Waals surface area contributed by atoms with Crippen molar-refractivity contribution in [1.82, 2.24) is 4.90 Å². The van der Waals surface area contributed by atoms with E-state index in [1.807, 2.05) is 42.5 Å². The van der Waals surface area contributed by atoms with Crippen LogP contribution in [0.4, 0.5) is 0 Å². The van der Waals surface area contributed by atoms with Gasteiger partial charge in [-0.05, 0) is 24.8 Å². The van der Waals surface area contributed by atoms with Crippen LogP contribution in [0.5, 0.6) is 5.75 Å². The third kappa shape index (κ3) is 4.45. The van der Waals surface area contributed by atoms with E-state index >= 15 is 0 Å². The molecule has 0 saturated heterocycles. The van der Waals surface area contributed by atoms with Gasteiger partial charge in [0.25, 0.3) is 5.91 Å². The van der Waals surface area contributed by atoms with Crippen LogP contribution in [0.1, 0.15) is 19.8 Å². The summed E-state index contributed by atoms with van der Waals surface area (Å²) in [5, 5.41) is 10.7. The summed E-state index contributed by atoms with van der Waals surface area (Å²) in [7, 11) is 1.66. The molecule has 0 aliphatic carbocycles. The molecule has 0 aliphatic rings. The molecular weight excluding hydrogens is 294 g/mol. The molecule has 2 rings (SSSR count). The fraction of sp³-hybridized carbons (Fsp3) is 0.333. The van der Waals surface area contributed by atoms with Gasteiger partial charge in [-0.1, -0.05) is 36.4 Å². The normalized spacial score (nSPS) is 11.9. The minimum absolute atomic E-state index is 0.0518. The van der Waals surface area contributed by atoms with Gasteiger partial charge in [-0.2, -0.15) is 0 Å². The smallest absolute Gasteiger partial charge is 0.303 e. The van der Waals surface area contributed by atoms with Crippen LogP contribution in [-0.4, -0.2) is 41.6 Å². The first kappa shape index (κ1) is 16.8. The Hall–Kier alpha value is -2.56. The molecule has 0 aliphatic heterocycles. The van der Waals surface area contributed by atoms with Gasteiger partial charge < -0.3 is 14.7 Å². The Bertz CT molecular complexity index is 693. The van der Waals surface area contributed by atoms with E-state index < -0.39 is 12.1 Å². The number of carbonyl (C=O) groups is 2. The summed E-state index contributed by atoms with van der Waals surface area (Å²) in [6, 6.07) is 13.6. The zero-order chi connectivity index (χ0) is 16.8. The molecule has 1 unspecified atom stereocenters. The predicted octanol–water partition coefficient (Wildman–Crippen LogP) is 2.93. The number of nitrogens with zero attached hydrogens (tertiary/aromatic N) is 1. The standard InChI is InChI=1S/C18H21NO4/c1-13(18(22)19(2)12-6-11-17(20)21)23-16-10-5-8-14-7-3-4-9-15(14)16/h3-5,7-10,13H,6,11-12H2,1-2H3,(H,20,21). The average molecular weight is 315 g/mol. The summed E-state index contributed by atoms with van der Waals surface area (Å²) >= 11 is 0. The highest BCUT2D eigenvalue weighted by atomic mass is 16.5. The molecule has 2 aromatic carbocycles. The lowest BCUT2D eigenvalue weighted by molar-refractivity contribution is -0.139. The van der Waals surface area contributed by atoms with E-state index in [9.17, 15) is 9.59 Å².